The molecule has 0 aliphatic rings. The molecule has 1 atom stereocenters. The second-order valence-electron chi connectivity index (χ2n) is 7.99. The van der Waals surface area contributed by atoms with Gasteiger partial charge in [-0.25, -0.2) is 4.98 Å². The second-order valence-corrected chi connectivity index (χ2v) is 8.43. The zero-order valence-corrected chi connectivity index (χ0v) is 19.1. The Labute approximate surface area is 197 Å². The van der Waals surface area contributed by atoms with Gasteiger partial charge in [-0.15, -0.1) is 0 Å². The number of aliphatic hydroxyl groups is 1. The van der Waals surface area contributed by atoms with E-state index in [4.69, 9.17) is 16.3 Å². The van der Waals surface area contributed by atoms with Crippen molar-refractivity contribution in [2.75, 3.05) is 6.61 Å². The SMILES string of the molecule is Cc1cccc(OCC(O)Cn2c(CC(=O)NCc3ccc(Cl)cc3)nc3ccccc32)c1. The zero-order chi connectivity index (χ0) is 23.2. The number of carbonyl (C=O) groups is 1. The molecule has 1 aromatic heterocycles. The maximum absolute atomic E-state index is 12.6. The zero-order valence-electron chi connectivity index (χ0n) is 18.4. The van der Waals surface area contributed by atoms with E-state index in [-0.39, 0.29) is 25.5 Å². The lowest BCUT2D eigenvalue weighted by Gasteiger charge is -2.16. The molecule has 0 radical (unpaired) electrons. The van der Waals surface area contributed by atoms with Crippen LogP contribution in [0.15, 0.2) is 72.8 Å². The molecular formula is C26H26ClN3O3. The number of ether oxygens (including phenoxy) is 1. The van der Waals surface area contributed by atoms with Crippen LogP contribution in [0.1, 0.15) is 17.0 Å². The van der Waals surface area contributed by atoms with Gasteiger partial charge in [-0.2, -0.15) is 0 Å². The lowest BCUT2D eigenvalue weighted by Crippen LogP contribution is -2.28. The van der Waals surface area contributed by atoms with Crippen molar-refractivity contribution in [3.8, 4) is 5.75 Å². The molecular weight excluding hydrogens is 438 g/mol. The predicted molar refractivity (Wildman–Crippen MR) is 129 cm³/mol. The number of fused-ring (bicyclic) bond motifs is 1. The summed E-state index contributed by atoms with van der Waals surface area (Å²) in [6, 6.07) is 22.7. The van der Waals surface area contributed by atoms with Crippen LogP contribution >= 0.6 is 11.6 Å². The van der Waals surface area contributed by atoms with Crippen LogP contribution in [-0.4, -0.2) is 33.3 Å². The van der Waals surface area contributed by atoms with Gasteiger partial charge in [0, 0.05) is 11.6 Å². The number of rotatable bonds is 9. The number of nitrogens with zero attached hydrogens (tertiary/aromatic N) is 2. The number of carbonyl (C=O) groups excluding carboxylic acids is 1. The van der Waals surface area contributed by atoms with Gasteiger partial charge in [0.05, 0.1) is 24.0 Å². The second kappa shape index (κ2) is 10.5. The molecule has 0 bridgehead atoms. The molecule has 0 fully saturated rings. The standard InChI is InChI=1S/C26H26ClN3O3/c1-18-5-4-6-22(13-18)33-17-21(31)16-30-24-8-3-2-7-23(24)29-25(30)14-26(32)28-15-19-9-11-20(27)12-10-19/h2-13,21,31H,14-17H2,1H3,(H,28,32). The van der Waals surface area contributed by atoms with Crippen molar-refractivity contribution in [3.63, 3.8) is 0 Å². The van der Waals surface area contributed by atoms with Gasteiger partial charge in [-0.05, 0) is 54.4 Å². The number of halogens is 1. The van der Waals surface area contributed by atoms with E-state index in [0.29, 0.717) is 23.1 Å². The first kappa shape index (κ1) is 22.8. The van der Waals surface area contributed by atoms with Crippen LogP contribution in [0.3, 0.4) is 0 Å². The molecule has 0 spiro atoms. The van der Waals surface area contributed by atoms with Crippen LogP contribution in [0.5, 0.6) is 5.75 Å². The predicted octanol–water partition coefficient (Wildman–Crippen LogP) is 4.30. The number of para-hydroxylation sites is 2. The van der Waals surface area contributed by atoms with Crippen LogP contribution in [0.25, 0.3) is 11.0 Å². The van der Waals surface area contributed by atoms with Gasteiger partial charge in [0.25, 0.3) is 0 Å². The lowest BCUT2D eigenvalue weighted by atomic mass is 10.2. The van der Waals surface area contributed by atoms with E-state index in [0.717, 1.165) is 22.2 Å². The molecule has 0 saturated heterocycles. The number of aromatic nitrogens is 2. The molecule has 0 aliphatic heterocycles. The van der Waals surface area contributed by atoms with Gasteiger partial charge in [0.1, 0.15) is 24.3 Å². The van der Waals surface area contributed by atoms with E-state index in [2.05, 4.69) is 10.3 Å². The van der Waals surface area contributed by atoms with Crippen LogP contribution in [0.2, 0.25) is 5.02 Å². The molecule has 6 nitrogen and oxygen atoms in total. The Morgan fingerprint density at radius 2 is 1.91 bits per heavy atom. The topological polar surface area (TPSA) is 76.4 Å². The Bertz CT molecular complexity index is 1240. The molecule has 4 aromatic rings. The highest BCUT2D eigenvalue weighted by molar-refractivity contribution is 6.30. The molecule has 33 heavy (non-hydrogen) atoms. The smallest absolute Gasteiger partial charge is 0.227 e. The molecule has 3 aromatic carbocycles. The van der Waals surface area contributed by atoms with E-state index in [1.165, 1.54) is 0 Å². The van der Waals surface area contributed by atoms with Crippen molar-refractivity contribution in [2.45, 2.75) is 32.5 Å². The Hall–Kier alpha value is -3.35. The number of nitrogens with one attached hydrogen (secondary N) is 1. The van der Waals surface area contributed by atoms with Gasteiger partial charge in [0.15, 0.2) is 0 Å². The average Bonchev–Trinajstić information content (AvgIpc) is 3.14. The Kier molecular flexibility index (Phi) is 7.27. The summed E-state index contributed by atoms with van der Waals surface area (Å²) in [5, 5.41) is 14.2. The van der Waals surface area contributed by atoms with Gasteiger partial charge in [-0.1, -0.05) is 48.0 Å². The maximum Gasteiger partial charge on any atom is 0.227 e. The molecule has 0 aliphatic carbocycles. The molecule has 1 unspecified atom stereocenters. The van der Waals surface area contributed by atoms with Crippen LogP contribution in [0, 0.1) is 6.92 Å². The van der Waals surface area contributed by atoms with Crippen molar-refractivity contribution in [1.82, 2.24) is 14.9 Å². The fourth-order valence-corrected chi connectivity index (χ4v) is 3.76. The minimum absolute atomic E-state index is 0.105. The first-order valence-corrected chi connectivity index (χ1v) is 11.2. The van der Waals surface area contributed by atoms with E-state index in [1.807, 2.05) is 72.2 Å². The first-order valence-electron chi connectivity index (χ1n) is 10.8. The van der Waals surface area contributed by atoms with E-state index < -0.39 is 6.10 Å². The molecule has 1 amide bonds. The van der Waals surface area contributed by atoms with Crippen LogP contribution in [0.4, 0.5) is 0 Å². The fraction of sp³-hybridized carbons (Fsp3) is 0.231. The number of hydrogen-bond acceptors (Lipinski definition) is 4. The number of benzene rings is 3. The summed E-state index contributed by atoms with van der Waals surface area (Å²) in [6.07, 6.45) is -0.660. The van der Waals surface area contributed by atoms with Crippen molar-refractivity contribution in [1.29, 1.82) is 0 Å². The van der Waals surface area contributed by atoms with Gasteiger partial charge < -0.3 is 19.7 Å². The quantitative estimate of drug-likeness (QED) is 0.388. The summed E-state index contributed by atoms with van der Waals surface area (Å²) in [5.41, 5.74) is 3.71. The van der Waals surface area contributed by atoms with Crippen LogP contribution in [-0.2, 0) is 24.3 Å². The molecule has 2 N–H and O–H groups in total. The normalized spacial score (nSPS) is 12.0. The van der Waals surface area contributed by atoms with Gasteiger partial charge in [-0.3, -0.25) is 4.79 Å². The monoisotopic (exact) mass is 463 g/mol. The summed E-state index contributed by atoms with van der Waals surface area (Å²) in [4.78, 5) is 17.3. The minimum atomic E-state index is -0.765. The van der Waals surface area contributed by atoms with Crippen molar-refractivity contribution in [3.05, 3.63) is 94.8 Å². The number of hydrogen-bond donors (Lipinski definition) is 2. The van der Waals surface area contributed by atoms with Crippen LogP contribution < -0.4 is 10.1 Å². The summed E-state index contributed by atoms with van der Waals surface area (Å²) < 4.78 is 7.64. The number of amides is 1. The molecule has 0 saturated carbocycles. The Morgan fingerprint density at radius 3 is 2.70 bits per heavy atom. The third kappa shape index (κ3) is 6.12. The summed E-state index contributed by atoms with van der Waals surface area (Å²) >= 11 is 5.92. The van der Waals surface area contributed by atoms with Crippen molar-refractivity contribution < 1.29 is 14.6 Å². The molecule has 1 heterocycles. The maximum atomic E-state index is 12.6. The molecule has 170 valence electrons. The van der Waals surface area contributed by atoms with Gasteiger partial charge >= 0.3 is 0 Å². The number of aliphatic hydroxyl groups excluding tert-OH is 1. The fourth-order valence-electron chi connectivity index (χ4n) is 3.63. The third-order valence-corrected chi connectivity index (χ3v) is 5.53. The largest absolute Gasteiger partial charge is 0.491 e. The summed E-state index contributed by atoms with van der Waals surface area (Å²) in [5.74, 6) is 1.16. The average molecular weight is 464 g/mol. The van der Waals surface area contributed by atoms with E-state index >= 15 is 0 Å². The van der Waals surface area contributed by atoms with E-state index in [9.17, 15) is 9.90 Å². The highest BCUT2D eigenvalue weighted by atomic mass is 35.5. The highest BCUT2D eigenvalue weighted by Gasteiger charge is 2.17. The van der Waals surface area contributed by atoms with E-state index in [1.54, 1.807) is 12.1 Å². The first-order chi connectivity index (χ1) is 16.0. The minimum Gasteiger partial charge on any atom is -0.491 e. The van der Waals surface area contributed by atoms with Crippen molar-refractivity contribution in [2.24, 2.45) is 0 Å². The lowest BCUT2D eigenvalue weighted by molar-refractivity contribution is -0.120. The summed E-state index contributed by atoms with van der Waals surface area (Å²) in [7, 11) is 0. The Morgan fingerprint density at radius 1 is 1.12 bits per heavy atom. The third-order valence-electron chi connectivity index (χ3n) is 5.28. The highest BCUT2D eigenvalue weighted by Crippen LogP contribution is 2.18. The summed E-state index contributed by atoms with van der Waals surface area (Å²) in [6.45, 7) is 2.80. The van der Waals surface area contributed by atoms with Gasteiger partial charge in [0.2, 0.25) is 5.91 Å². The number of imidazole rings is 1. The van der Waals surface area contributed by atoms with Crippen molar-refractivity contribution >= 4 is 28.5 Å². The molecule has 7 heteroatoms. The molecule has 4 rings (SSSR count). The number of aryl methyl sites for hydroxylation is 1. The Balaban J connectivity index is 1.43.